The largest absolute Gasteiger partial charge is 0.455 e. The van der Waals surface area contributed by atoms with Crippen LogP contribution in [-0.2, 0) is 16.1 Å². The van der Waals surface area contributed by atoms with Crippen LogP contribution in [0.1, 0.15) is 50.0 Å². The Morgan fingerprint density at radius 2 is 2.04 bits per heavy atom. The Labute approximate surface area is 163 Å². The van der Waals surface area contributed by atoms with Crippen molar-refractivity contribution in [2.75, 3.05) is 0 Å². The SMILES string of the molecule is Cc1cccc(-c2nnc(COC(=O)C34C[C@@H]5C[C@@H](CC(Cl)(C5)C3)C4)o2)c1. The van der Waals surface area contributed by atoms with Crippen LogP contribution < -0.4 is 0 Å². The highest BCUT2D eigenvalue weighted by Gasteiger charge is 2.60. The molecule has 0 saturated heterocycles. The molecule has 2 unspecified atom stereocenters. The molecular formula is C21H23ClN2O3. The van der Waals surface area contributed by atoms with E-state index < -0.39 is 5.41 Å². The Hall–Kier alpha value is -1.88. The van der Waals surface area contributed by atoms with E-state index in [2.05, 4.69) is 10.2 Å². The fourth-order valence-electron chi connectivity index (χ4n) is 5.88. The van der Waals surface area contributed by atoms with Gasteiger partial charge in [0.25, 0.3) is 5.89 Å². The van der Waals surface area contributed by atoms with Gasteiger partial charge in [-0.1, -0.05) is 17.7 Å². The molecule has 6 rings (SSSR count). The maximum atomic E-state index is 13.0. The fourth-order valence-corrected chi connectivity index (χ4v) is 6.57. The average Bonchev–Trinajstić information content (AvgIpc) is 3.06. The van der Waals surface area contributed by atoms with Crippen molar-refractivity contribution in [2.45, 2.75) is 56.9 Å². The fraction of sp³-hybridized carbons (Fsp3) is 0.571. The summed E-state index contributed by atoms with van der Waals surface area (Å²) in [5.74, 6) is 1.75. The van der Waals surface area contributed by atoms with Gasteiger partial charge < -0.3 is 9.15 Å². The minimum atomic E-state index is -0.411. The Balaban J connectivity index is 1.28. The van der Waals surface area contributed by atoms with Crippen LogP contribution in [0.25, 0.3) is 11.5 Å². The second-order valence-corrected chi connectivity index (χ2v) is 9.64. The molecule has 5 nitrogen and oxygen atoms in total. The number of aromatic nitrogens is 2. The normalized spacial score (nSPS) is 34.0. The van der Waals surface area contributed by atoms with Gasteiger partial charge in [-0.25, -0.2) is 0 Å². The second-order valence-electron chi connectivity index (χ2n) is 8.84. The molecule has 1 aromatic carbocycles. The van der Waals surface area contributed by atoms with Gasteiger partial charge in [0, 0.05) is 10.4 Å². The van der Waals surface area contributed by atoms with E-state index in [4.69, 9.17) is 20.8 Å². The number of hydrogen-bond acceptors (Lipinski definition) is 5. The smallest absolute Gasteiger partial charge is 0.312 e. The summed E-state index contributed by atoms with van der Waals surface area (Å²) >= 11 is 6.82. The molecule has 1 aromatic heterocycles. The highest BCUT2D eigenvalue weighted by atomic mass is 35.5. The van der Waals surface area contributed by atoms with Gasteiger partial charge >= 0.3 is 5.97 Å². The number of alkyl halides is 1. The van der Waals surface area contributed by atoms with Crippen molar-refractivity contribution in [1.29, 1.82) is 0 Å². The monoisotopic (exact) mass is 386 g/mol. The van der Waals surface area contributed by atoms with E-state index in [1.54, 1.807) is 0 Å². The van der Waals surface area contributed by atoms with Gasteiger partial charge in [-0.3, -0.25) is 4.79 Å². The van der Waals surface area contributed by atoms with Crippen molar-refractivity contribution < 1.29 is 13.9 Å². The lowest BCUT2D eigenvalue weighted by Gasteiger charge is -2.58. The number of nitrogens with zero attached hydrogens (tertiary/aromatic N) is 2. The van der Waals surface area contributed by atoms with E-state index in [1.807, 2.05) is 31.2 Å². The zero-order valence-electron chi connectivity index (χ0n) is 15.4. The zero-order valence-corrected chi connectivity index (χ0v) is 16.2. The summed E-state index contributed by atoms with van der Waals surface area (Å²) in [7, 11) is 0. The van der Waals surface area contributed by atoms with Crippen LogP contribution in [0.15, 0.2) is 28.7 Å². The first-order chi connectivity index (χ1) is 12.9. The number of halogens is 1. The molecule has 142 valence electrons. The minimum Gasteiger partial charge on any atom is -0.455 e. The van der Waals surface area contributed by atoms with Crippen molar-refractivity contribution in [3.05, 3.63) is 35.7 Å². The predicted octanol–water partition coefficient (Wildman–Crippen LogP) is 4.67. The third kappa shape index (κ3) is 3.06. The van der Waals surface area contributed by atoms with Crippen molar-refractivity contribution in [2.24, 2.45) is 17.3 Å². The molecule has 0 amide bonds. The van der Waals surface area contributed by atoms with E-state index in [0.717, 1.165) is 43.2 Å². The van der Waals surface area contributed by atoms with Gasteiger partial charge in [-0.05, 0) is 69.4 Å². The van der Waals surface area contributed by atoms with E-state index in [9.17, 15) is 4.79 Å². The highest BCUT2D eigenvalue weighted by molar-refractivity contribution is 6.24. The summed E-state index contributed by atoms with van der Waals surface area (Å²) < 4.78 is 11.3. The molecule has 4 saturated carbocycles. The lowest BCUT2D eigenvalue weighted by Crippen LogP contribution is -2.56. The topological polar surface area (TPSA) is 65.2 Å². The molecule has 4 fully saturated rings. The van der Waals surface area contributed by atoms with E-state index in [-0.39, 0.29) is 17.5 Å². The van der Waals surface area contributed by atoms with Crippen molar-refractivity contribution in [3.8, 4) is 11.5 Å². The molecule has 4 aliphatic rings. The molecule has 27 heavy (non-hydrogen) atoms. The molecule has 0 radical (unpaired) electrons. The quantitative estimate of drug-likeness (QED) is 0.564. The highest BCUT2D eigenvalue weighted by Crippen LogP contribution is 2.64. The van der Waals surface area contributed by atoms with Gasteiger partial charge in [0.15, 0.2) is 6.61 Å². The van der Waals surface area contributed by atoms with Crippen molar-refractivity contribution >= 4 is 17.6 Å². The Bertz CT molecular complexity index is 879. The van der Waals surface area contributed by atoms with Crippen molar-refractivity contribution in [1.82, 2.24) is 10.2 Å². The number of aryl methyl sites for hydroxylation is 1. The number of ether oxygens (including phenoxy) is 1. The molecule has 4 aliphatic carbocycles. The number of esters is 1. The van der Waals surface area contributed by atoms with Crippen molar-refractivity contribution in [3.63, 3.8) is 0 Å². The number of carbonyl (C=O) groups excluding carboxylic acids is 1. The third-order valence-corrected chi connectivity index (χ3v) is 6.92. The molecule has 6 heteroatoms. The van der Waals surface area contributed by atoms with E-state index in [0.29, 0.717) is 23.6 Å². The lowest BCUT2D eigenvalue weighted by molar-refractivity contribution is -0.172. The summed E-state index contributed by atoms with van der Waals surface area (Å²) in [6.07, 6.45) is 5.87. The maximum Gasteiger partial charge on any atom is 0.312 e. The Kier molecular flexibility index (Phi) is 3.87. The molecule has 0 spiro atoms. The van der Waals surface area contributed by atoms with Crippen LogP contribution >= 0.6 is 11.6 Å². The zero-order chi connectivity index (χ0) is 18.6. The van der Waals surface area contributed by atoms with Crippen LogP contribution in [0, 0.1) is 24.2 Å². The van der Waals surface area contributed by atoms with Gasteiger partial charge in [0.2, 0.25) is 5.89 Å². The van der Waals surface area contributed by atoms with Crippen LogP contribution in [0.5, 0.6) is 0 Å². The minimum absolute atomic E-state index is 0.0179. The molecule has 2 aromatic rings. The second kappa shape index (κ2) is 6.06. The summed E-state index contributed by atoms with van der Waals surface area (Å²) in [5.41, 5.74) is 1.58. The van der Waals surface area contributed by atoms with E-state index in [1.165, 1.54) is 6.42 Å². The van der Waals surface area contributed by atoms with Gasteiger partial charge in [-0.2, -0.15) is 0 Å². The van der Waals surface area contributed by atoms with Crippen LogP contribution in [0.2, 0.25) is 0 Å². The molecule has 0 aliphatic heterocycles. The Morgan fingerprint density at radius 1 is 1.26 bits per heavy atom. The molecule has 0 N–H and O–H groups in total. The number of benzene rings is 1. The van der Waals surface area contributed by atoms with Gasteiger partial charge in [0.1, 0.15) is 0 Å². The van der Waals surface area contributed by atoms with Crippen LogP contribution in [0.4, 0.5) is 0 Å². The first-order valence-electron chi connectivity index (χ1n) is 9.69. The molecule has 4 bridgehead atoms. The predicted molar refractivity (Wildman–Crippen MR) is 100.0 cm³/mol. The van der Waals surface area contributed by atoms with Gasteiger partial charge in [-0.15, -0.1) is 21.8 Å². The molecular weight excluding hydrogens is 364 g/mol. The van der Waals surface area contributed by atoms with Gasteiger partial charge in [0.05, 0.1) is 5.41 Å². The number of carbonyl (C=O) groups is 1. The summed E-state index contributed by atoms with van der Waals surface area (Å²) in [6, 6.07) is 7.87. The third-order valence-electron chi connectivity index (χ3n) is 6.48. The lowest BCUT2D eigenvalue weighted by atomic mass is 9.49. The molecule has 1 heterocycles. The van der Waals surface area contributed by atoms with Crippen LogP contribution in [-0.4, -0.2) is 21.0 Å². The average molecular weight is 387 g/mol. The number of hydrogen-bond donors (Lipinski definition) is 0. The number of rotatable bonds is 4. The summed E-state index contributed by atoms with van der Waals surface area (Å²) in [5, 5.41) is 8.11. The molecule has 4 atom stereocenters. The van der Waals surface area contributed by atoms with Crippen LogP contribution in [0.3, 0.4) is 0 Å². The Morgan fingerprint density at radius 3 is 2.74 bits per heavy atom. The van der Waals surface area contributed by atoms with E-state index >= 15 is 0 Å². The first-order valence-corrected chi connectivity index (χ1v) is 10.1. The summed E-state index contributed by atoms with van der Waals surface area (Å²) in [4.78, 5) is 12.8. The maximum absolute atomic E-state index is 13.0. The summed E-state index contributed by atoms with van der Waals surface area (Å²) in [6.45, 7) is 2.03. The first kappa shape index (κ1) is 17.2. The standard InChI is InChI=1S/C21H23ClN2O3/c1-13-3-2-4-16(5-13)18-24-23-17(27-18)11-26-19(25)20-7-14-6-15(8-20)10-21(22,9-14)12-20/h2-5,14-15H,6-12H2,1H3/t14-,15+,20?,21?.